The third-order valence-corrected chi connectivity index (χ3v) is 3.09. The first kappa shape index (κ1) is 13.4. The Balaban J connectivity index is 2.57. The van der Waals surface area contributed by atoms with Crippen LogP contribution < -0.4 is 10.5 Å². The molecule has 18 heavy (non-hydrogen) atoms. The third-order valence-electron chi connectivity index (χ3n) is 2.23. The zero-order chi connectivity index (χ0) is 13.1. The largest absolute Gasteiger partial charge is 0.493 e. The van der Waals surface area contributed by atoms with Crippen molar-refractivity contribution in [3.8, 4) is 17.0 Å². The summed E-state index contributed by atoms with van der Waals surface area (Å²) in [6.45, 7) is 2.52. The van der Waals surface area contributed by atoms with Crippen LogP contribution in [0, 0.1) is 3.57 Å². The highest BCUT2D eigenvalue weighted by atomic mass is 127. The van der Waals surface area contributed by atoms with Crippen LogP contribution in [-0.4, -0.2) is 16.6 Å². The van der Waals surface area contributed by atoms with Crippen molar-refractivity contribution in [2.24, 2.45) is 0 Å². The summed E-state index contributed by atoms with van der Waals surface area (Å²) in [4.78, 5) is 8.03. The van der Waals surface area contributed by atoms with Gasteiger partial charge in [0.25, 0.3) is 0 Å². The van der Waals surface area contributed by atoms with Crippen molar-refractivity contribution in [3.05, 3.63) is 33.0 Å². The third kappa shape index (κ3) is 3.02. The van der Waals surface area contributed by atoms with E-state index in [2.05, 4.69) is 32.6 Å². The maximum atomic E-state index is 5.90. The number of hydrogen-bond acceptors (Lipinski definition) is 4. The average Bonchev–Trinajstić information content (AvgIpc) is 2.30. The predicted molar refractivity (Wildman–Crippen MR) is 80.8 cm³/mol. The molecule has 0 aliphatic rings. The SMILES string of the molecule is CCOc1ccc(I)cc1-c1cc(Cl)nc(N)n1. The predicted octanol–water partition coefficient (Wildman–Crippen LogP) is 3.38. The minimum atomic E-state index is 0.152. The molecule has 1 aromatic heterocycles. The molecule has 2 rings (SSSR count). The molecule has 0 amide bonds. The molecule has 0 fully saturated rings. The van der Waals surface area contributed by atoms with Crippen molar-refractivity contribution in [2.45, 2.75) is 6.92 Å². The summed E-state index contributed by atoms with van der Waals surface area (Å²) in [5, 5.41) is 0.318. The smallest absolute Gasteiger partial charge is 0.221 e. The van der Waals surface area contributed by atoms with Crippen LogP contribution in [0.15, 0.2) is 24.3 Å². The van der Waals surface area contributed by atoms with Gasteiger partial charge in [-0.05, 0) is 47.7 Å². The van der Waals surface area contributed by atoms with Crippen molar-refractivity contribution < 1.29 is 4.74 Å². The van der Waals surface area contributed by atoms with Crippen molar-refractivity contribution in [1.29, 1.82) is 0 Å². The van der Waals surface area contributed by atoms with Crippen LogP contribution in [0.5, 0.6) is 5.75 Å². The lowest BCUT2D eigenvalue weighted by Crippen LogP contribution is -1.99. The number of rotatable bonds is 3. The van der Waals surface area contributed by atoms with Crippen molar-refractivity contribution in [3.63, 3.8) is 0 Å². The number of nitrogens with two attached hydrogens (primary N) is 1. The van der Waals surface area contributed by atoms with Gasteiger partial charge in [0.2, 0.25) is 5.95 Å². The summed E-state index contributed by atoms with van der Waals surface area (Å²) in [5.74, 6) is 0.908. The van der Waals surface area contributed by atoms with E-state index in [1.807, 2.05) is 25.1 Å². The first-order valence-electron chi connectivity index (χ1n) is 5.33. The molecule has 1 heterocycles. The minimum absolute atomic E-state index is 0.152. The van der Waals surface area contributed by atoms with Crippen LogP contribution in [0.1, 0.15) is 6.92 Å². The number of halogens is 2. The van der Waals surface area contributed by atoms with Gasteiger partial charge in [0.15, 0.2) is 0 Å². The maximum Gasteiger partial charge on any atom is 0.221 e. The summed E-state index contributed by atoms with van der Waals surface area (Å²) in [7, 11) is 0. The summed E-state index contributed by atoms with van der Waals surface area (Å²) in [6.07, 6.45) is 0. The molecule has 94 valence electrons. The van der Waals surface area contributed by atoms with Gasteiger partial charge in [0.1, 0.15) is 10.9 Å². The minimum Gasteiger partial charge on any atom is -0.493 e. The van der Waals surface area contributed by atoms with Gasteiger partial charge in [-0.3, -0.25) is 0 Å². The Bertz CT molecular complexity index is 557. The Morgan fingerprint density at radius 3 is 2.78 bits per heavy atom. The summed E-state index contributed by atoms with van der Waals surface area (Å²) in [6, 6.07) is 7.53. The zero-order valence-electron chi connectivity index (χ0n) is 9.65. The second-order valence-corrected chi connectivity index (χ2v) is 5.14. The van der Waals surface area contributed by atoms with Gasteiger partial charge in [0.05, 0.1) is 12.3 Å². The van der Waals surface area contributed by atoms with Crippen LogP contribution in [-0.2, 0) is 0 Å². The van der Waals surface area contributed by atoms with Gasteiger partial charge in [-0.25, -0.2) is 9.97 Å². The number of benzene rings is 1. The van der Waals surface area contributed by atoms with Crippen LogP contribution in [0.4, 0.5) is 5.95 Å². The highest BCUT2D eigenvalue weighted by Crippen LogP contribution is 2.31. The van der Waals surface area contributed by atoms with E-state index in [9.17, 15) is 0 Å². The molecule has 0 aliphatic heterocycles. The Hall–Kier alpha value is -1.08. The summed E-state index contributed by atoms with van der Waals surface area (Å²) in [5.41, 5.74) is 7.13. The van der Waals surface area contributed by atoms with E-state index in [4.69, 9.17) is 22.1 Å². The lowest BCUT2D eigenvalue weighted by Gasteiger charge is -2.10. The molecule has 0 saturated carbocycles. The summed E-state index contributed by atoms with van der Waals surface area (Å²) < 4.78 is 6.66. The van der Waals surface area contributed by atoms with Crippen LogP contribution in [0.2, 0.25) is 5.15 Å². The van der Waals surface area contributed by atoms with Crippen LogP contribution in [0.3, 0.4) is 0 Å². The molecule has 1 aromatic carbocycles. The first-order valence-corrected chi connectivity index (χ1v) is 6.78. The van der Waals surface area contributed by atoms with Crippen LogP contribution >= 0.6 is 34.2 Å². The van der Waals surface area contributed by atoms with E-state index in [-0.39, 0.29) is 5.95 Å². The number of nitrogens with zero attached hydrogens (tertiary/aromatic N) is 2. The Morgan fingerprint density at radius 2 is 2.11 bits per heavy atom. The number of anilines is 1. The average molecular weight is 376 g/mol. The fraction of sp³-hybridized carbons (Fsp3) is 0.167. The van der Waals surface area contributed by atoms with E-state index in [1.165, 1.54) is 0 Å². The quantitative estimate of drug-likeness (QED) is 0.660. The van der Waals surface area contributed by atoms with Gasteiger partial charge in [0, 0.05) is 15.2 Å². The Labute approximate surface area is 124 Å². The molecule has 0 spiro atoms. The van der Waals surface area contributed by atoms with E-state index in [0.717, 1.165) is 14.9 Å². The second-order valence-electron chi connectivity index (χ2n) is 3.51. The fourth-order valence-electron chi connectivity index (χ4n) is 1.56. The van der Waals surface area contributed by atoms with Crippen molar-refractivity contribution in [1.82, 2.24) is 9.97 Å². The number of nitrogen functional groups attached to an aromatic ring is 1. The van der Waals surface area contributed by atoms with Crippen molar-refractivity contribution in [2.75, 3.05) is 12.3 Å². The lowest BCUT2D eigenvalue weighted by molar-refractivity contribution is 0.341. The van der Waals surface area contributed by atoms with Gasteiger partial charge >= 0.3 is 0 Å². The van der Waals surface area contributed by atoms with Gasteiger partial charge in [-0.15, -0.1) is 0 Å². The Morgan fingerprint density at radius 1 is 1.33 bits per heavy atom. The first-order chi connectivity index (χ1) is 8.60. The topological polar surface area (TPSA) is 61.0 Å². The fourth-order valence-corrected chi connectivity index (χ4v) is 2.24. The van der Waals surface area contributed by atoms with E-state index < -0.39 is 0 Å². The normalized spacial score (nSPS) is 10.4. The molecule has 0 atom stereocenters. The molecule has 0 saturated heterocycles. The van der Waals surface area contributed by atoms with Gasteiger partial charge in [-0.1, -0.05) is 11.6 Å². The number of ether oxygens (including phenoxy) is 1. The lowest BCUT2D eigenvalue weighted by atomic mass is 10.1. The molecule has 2 N–H and O–H groups in total. The summed E-state index contributed by atoms with van der Waals surface area (Å²) >= 11 is 8.13. The van der Waals surface area contributed by atoms with E-state index in [0.29, 0.717) is 17.5 Å². The molecule has 0 unspecified atom stereocenters. The van der Waals surface area contributed by atoms with E-state index in [1.54, 1.807) is 6.07 Å². The van der Waals surface area contributed by atoms with Crippen molar-refractivity contribution >= 4 is 40.1 Å². The molecule has 6 heteroatoms. The van der Waals surface area contributed by atoms with Gasteiger partial charge in [-0.2, -0.15) is 0 Å². The maximum absolute atomic E-state index is 5.90. The molecule has 0 radical (unpaired) electrons. The van der Waals surface area contributed by atoms with E-state index >= 15 is 0 Å². The molecule has 2 aromatic rings. The molecular weight excluding hydrogens is 365 g/mol. The Kier molecular flexibility index (Phi) is 4.23. The van der Waals surface area contributed by atoms with Crippen LogP contribution in [0.25, 0.3) is 11.3 Å². The molecule has 0 bridgehead atoms. The highest BCUT2D eigenvalue weighted by Gasteiger charge is 2.10. The molecule has 4 nitrogen and oxygen atoms in total. The highest BCUT2D eigenvalue weighted by molar-refractivity contribution is 14.1. The van der Waals surface area contributed by atoms with Gasteiger partial charge < -0.3 is 10.5 Å². The molecule has 0 aliphatic carbocycles. The number of aromatic nitrogens is 2. The monoisotopic (exact) mass is 375 g/mol. The number of hydrogen-bond donors (Lipinski definition) is 1. The zero-order valence-corrected chi connectivity index (χ0v) is 12.6. The second kappa shape index (κ2) is 5.71. The standard InChI is InChI=1S/C12H11ClIN3O/c1-2-18-10-4-3-7(14)5-8(10)9-6-11(13)17-12(15)16-9/h3-6H,2H2,1H3,(H2,15,16,17). The molecular formula is C12H11ClIN3O.